The molecule has 1 heterocycles. The number of phenolic OH excluding ortho intramolecular Hbond substituents is 1. The smallest absolute Gasteiger partial charge is 0.156 e. The molecule has 0 fully saturated rings. The Bertz CT molecular complexity index is 752. The molecule has 3 N–H and O–H groups in total. The number of para-hydroxylation sites is 2. The average Bonchev–Trinajstić information content (AvgIpc) is 2.82. The summed E-state index contributed by atoms with van der Waals surface area (Å²) in [6.45, 7) is 0. The second-order valence-electron chi connectivity index (χ2n) is 4.23. The van der Waals surface area contributed by atoms with Crippen molar-refractivity contribution in [2.24, 2.45) is 0 Å². The van der Waals surface area contributed by atoms with Crippen LogP contribution < -0.4 is 5.73 Å². The number of halogens is 1. The highest BCUT2D eigenvalue weighted by Gasteiger charge is 2.14. The predicted molar refractivity (Wildman–Crippen MR) is 77.9 cm³/mol. The molecule has 0 saturated heterocycles. The first-order chi connectivity index (χ1) is 9.66. The highest BCUT2D eigenvalue weighted by Crippen LogP contribution is 2.29. The number of rotatable bonds is 2. The summed E-state index contributed by atoms with van der Waals surface area (Å²) >= 11 is 5.86. The Balaban J connectivity index is 2.09. The lowest BCUT2D eigenvalue weighted by atomic mass is 10.1. The molecule has 100 valence electrons. The lowest BCUT2D eigenvalue weighted by Gasteiger charge is -2.05. The summed E-state index contributed by atoms with van der Waals surface area (Å²) in [4.78, 5) is 0. The van der Waals surface area contributed by atoms with Gasteiger partial charge in [0.05, 0.1) is 0 Å². The lowest BCUT2D eigenvalue weighted by Crippen LogP contribution is -2.02. The molecule has 0 spiro atoms. The molecule has 0 amide bonds. The Labute approximate surface area is 120 Å². The van der Waals surface area contributed by atoms with E-state index in [9.17, 15) is 5.11 Å². The number of hydrogen-bond donors (Lipinski definition) is 2. The molecular formula is C14H11ClN4O. The van der Waals surface area contributed by atoms with E-state index in [1.54, 1.807) is 36.4 Å². The van der Waals surface area contributed by atoms with E-state index < -0.39 is 0 Å². The highest BCUT2D eigenvalue weighted by molar-refractivity contribution is 6.30. The third-order valence-corrected chi connectivity index (χ3v) is 3.18. The molecule has 0 saturated carbocycles. The van der Waals surface area contributed by atoms with Gasteiger partial charge in [-0.3, -0.25) is 0 Å². The molecule has 1 aromatic heterocycles. The Kier molecular flexibility index (Phi) is 3.04. The van der Waals surface area contributed by atoms with Gasteiger partial charge >= 0.3 is 0 Å². The first-order valence-corrected chi connectivity index (χ1v) is 6.30. The van der Waals surface area contributed by atoms with Crippen molar-refractivity contribution in [2.45, 2.75) is 0 Å². The van der Waals surface area contributed by atoms with Crippen molar-refractivity contribution in [2.75, 3.05) is 5.73 Å². The number of aromatic hydroxyl groups is 1. The molecule has 0 unspecified atom stereocenters. The largest absolute Gasteiger partial charge is 0.506 e. The molecule has 0 aliphatic carbocycles. The van der Waals surface area contributed by atoms with E-state index in [-0.39, 0.29) is 5.75 Å². The lowest BCUT2D eigenvalue weighted by molar-refractivity contribution is 0.470. The van der Waals surface area contributed by atoms with E-state index in [1.165, 1.54) is 4.68 Å². The number of anilines is 1. The van der Waals surface area contributed by atoms with Crippen LogP contribution in [0.2, 0.25) is 5.02 Å². The molecule has 0 aliphatic rings. The van der Waals surface area contributed by atoms with Gasteiger partial charge in [-0.05, 0) is 24.3 Å². The fourth-order valence-corrected chi connectivity index (χ4v) is 2.05. The standard InChI is InChI=1S/C14H11ClN4O/c15-10-7-5-9(6-8-10)13-14(16)19(18-17-13)11-3-1-2-4-12(11)20/h1-8,20H,16H2. The Hall–Kier alpha value is -2.53. The summed E-state index contributed by atoms with van der Waals surface area (Å²) in [5.41, 5.74) is 7.91. The van der Waals surface area contributed by atoms with Crippen LogP contribution in [0, 0.1) is 0 Å². The molecule has 0 aliphatic heterocycles. The second-order valence-corrected chi connectivity index (χ2v) is 4.67. The van der Waals surface area contributed by atoms with Crippen LogP contribution in [0.3, 0.4) is 0 Å². The monoisotopic (exact) mass is 286 g/mol. The minimum Gasteiger partial charge on any atom is -0.506 e. The van der Waals surface area contributed by atoms with Gasteiger partial charge in [0.1, 0.15) is 17.1 Å². The minimum absolute atomic E-state index is 0.0896. The van der Waals surface area contributed by atoms with Gasteiger partial charge in [0.15, 0.2) is 5.82 Å². The summed E-state index contributed by atoms with van der Waals surface area (Å²) in [5, 5.41) is 18.5. The zero-order chi connectivity index (χ0) is 14.1. The van der Waals surface area contributed by atoms with Crippen LogP contribution in [0.15, 0.2) is 48.5 Å². The van der Waals surface area contributed by atoms with Crippen molar-refractivity contribution in [3.8, 4) is 22.7 Å². The zero-order valence-corrected chi connectivity index (χ0v) is 11.1. The quantitative estimate of drug-likeness (QED) is 0.759. The molecule has 0 atom stereocenters. The van der Waals surface area contributed by atoms with E-state index in [4.69, 9.17) is 17.3 Å². The van der Waals surface area contributed by atoms with Crippen LogP contribution >= 0.6 is 11.6 Å². The summed E-state index contributed by atoms with van der Waals surface area (Å²) in [7, 11) is 0. The fourth-order valence-electron chi connectivity index (χ4n) is 1.92. The number of nitrogens with two attached hydrogens (primary N) is 1. The van der Waals surface area contributed by atoms with Gasteiger partial charge in [0.2, 0.25) is 0 Å². The molecular weight excluding hydrogens is 276 g/mol. The number of benzene rings is 2. The fraction of sp³-hybridized carbons (Fsp3) is 0. The van der Waals surface area contributed by atoms with Gasteiger partial charge in [-0.1, -0.05) is 41.1 Å². The Morgan fingerprint density at radius 1 is 1.05 bits per heavy atom. The molecule has 0 bridgehead atoms. The van der Waals surface area contributed by atoms with Crippen LogP contribution in [-0.2, 0) is 0 Å². The van der Waals surface area contributed by atoms with Crippen molar-refractivity contribution < 1.29 is 5.11 Å². The van der Waals surface area contributed by atoms with Gasteiger partial charge in [-0.25, -0.2) is 0 Å². The van der Waals surface area contributed by atoms with Crippen molar-refractivity contribution >= 4 is 17.4 Å². The maximum atomic E-state index is 9.84. The maximum Gasteiger partial charge on any atom is 0.156 e. The summed E-state index contributed by atoms with van der Waals surface area (Å²) in [5.74, 6) is 0.445. The number of phenols is 1. The molecule has 2 aromatic carbocycles. The number of hydrogen-bond acceptors (Lipinski definition) is 4. The minimum atomic E-state index is 0.0896. The van der Waals surface area contributed by atoms with Gasteiger partial charge in [0.25, 0.3) is 0 Å². The van der Waals surface area contributed by atoms with Gasteiger partial charge in [-0.15, -0.1) is 5.10 Å². The summed E-state index contributed by atoms with van der Waals surface area (Å²) in [6, 6.07) is 14.0. The zero-order valence-electron chi connectivity index (χ0n) is 10.4. The summed E-state index contributed by atoms with van der Waals surface area (Å²) in [6.07, 6.45) is 0. The van der Waals surface area contributed by atoms with Crippen LogP contribution in [0.25, 0.3) is 16.9 Å². The number of nitrogen functional groups attached to an aromatic ring is 1. The maximum absolute atomic E-state index is 9.84. The third-order valence-electron chi connectivity index (χ3n) is 2.93. The SMILES string of the molecule is Nc1c(-c2ccc(Cl)cc2)nnn1-c1ccccc1O. The molecule has 6 heteroatoms. The van der Waals surface area contributed by atoms with Gasteiger partial charge < -0.3 is 10.8 Å². The van der Waals surface area contributed by atoms with Crippen molar-refractivity contribution in [3.05, 3.63) is 53.6 Å². The molecule has 20 heavy (non-hydrogen) atoms. The molecule has 3 aromatic rings. The first-order valence-electron chi connectivity index (χ1n) is 5.92. The van der Waals surface area contributed by atoms with Crippen LogP contribution in [-0.4, -0.2) is 20.1 Å². The van der Waals surface area contributed by atoms with Crippen molar-refractivity contribution in [1.29, 1.82) is 0 Å². The van der Waals surface area contributed by atoms with Crippen molar-refractivity contribution in [1.82, 2.24) is 15.0 Å². The van der Waals surface area contributed by atoms with Crippen molar-refractivity contribution in [3.63, 3.8) is 0 Å². The van der Waals surface area contributed by atoms with Gasteiger partial charge in [-0.2, -0.15) is 4.68 Å². The topological polar surface area (TPSA) is 77.0 Å². The average molecular weight is 287 g/mol. The molecule has 3 rings (SSSR count). The van der Waals surface area contributed by atoms with E-state index in [1.807, 2.05) is 12.1 Å². The third kappa shape index (κ3) is 2.08. The van der Waals surface area contributed by atoms with E-state index >= 15 is 0 Å². The normalized spacial score (nSPS) is 10.7. The van der Waals surface area contributed by atoms with E-state index in [0.717, 1.165) is 5.56 Å². The Morgan fingerprint density at radius 2 is 1.75 bits per heavy atom. The number of nitrogens with zero attached hydrogens (tertiary/aromatic N) is 3. The van der Waals surface area contributed by atoms with Crippen LogP contribution in [0.5, 0.6) is 5.75 Å². The van der Waals surface area contributed by atoms with E-state index in [0.29, 0.717) is 22.2 Å². The van der Waals surface area contributed by atoms with E-state index in [2.05, 4.69) is 10.3 Å². The first kappa shape index (κ1) is 12.5. The molecule has 0 radical (unpaired) electrons. The molecule has 5 nitrogen and oxygen atoms in total. The van der Waals surface area contributed by atoms with Crippen LogP contribution in [0.1, 0.15) is 0 Å². The number of aromatic nitrogens is 3. The second kappa shape index (κ2) is 4.86. The Morgan fingerprint density at radius 3 is 2.45 bits per heavy atom. The van der Waals surface area contributed by atoms with Gasteiger partial charge in [0, 0.05) is 10.6 Å². The van der Waals surface area contributed by atoms with Crippen LogP contribution in [0.4, 0.5) is 5.82 Å². The summed E-state index contributed by atoms with van der Waals surface area (Å²) < 4.78 is 1.40. The highest BCUT2D eigenvalue weighted by atomic mass is 35.5. The predicted octanol–water partition coefficient (Wildman–Crippen LogP) is 2.88.